The Morgan fingerprint density at radius 2 is 2.00 bits per heavy atom. The van der Waals surface area contributed by atoms with Gasteiger partial charge in [-0.2, -0.15) is 5.10 Å². The lowest BCUT2D eigenvalue weighted by molar-refractivity contribution is -0.121. The monoisotopic (exact) mass is 325 g/mol. The molecular formula is C18H19N3O3. The molecule has 2 aromatic carbocycles. The quantitative estimate of drug-likeness (QED) is 0.655. The summed E-state index contributed by atoms with van der Waals surface area (Å²) in [4.78, 5) is 12.1. The number of hydrogen-bond donors (Lipinski definition) is 2. The normalized spacial score (nSPS) is 13.8. The van der Waals surface area contributed by atoms with Crippen LogP contribution in [-0.2, 0) is 4.79 Å². The summed E-state index contributed by atoms with van der Waals surface area (Å²) in [6.45, 7) is 4.01. The topological polar surface area (TPSA) is 72.0 Å². The van der Waals surface area contributed by atoms with Crippen molar-refractivity contribution in [3.05, 3.63) is 53.6 Å². The molecule has 0 bridgehead atoms. The van der Waals surface area contributed by atoms with Crippen LogP contribution in [0.5, 0.6) is 11.5 Å². The van der Waals surface area contributed by atoms with Gasteiger partial charge in [-0.3, -0.25) is 4.79 Å². The number of carbonyl (C=O) groups is 1. The first-order valence-electron chi connectivity index (χ1n) is 7.68. The van der Waals surface area contributed by atoms with Crippen LogP contribution in [-0.4, -0.2) is 25.0 Å². The molecule has 0 aromatic heterocycles. The number of nitrogens with zero attached hydrogens (tertiary/aromatic N) is 1. The molecule has 0 radical (unpaired) electrons. The van der Waals surface area contributed by atoms with E-state index in [1.165, 1.54) is 0 Å². The molecule has 0 fully saturated rings. The fourth-order valence-corrected chi connectivity index (χ4v) is 2.29. The van der Waals surface area contributed by atoms with E-state index in [0.717, 1.165) is 16.8 Å². The summed E-state index contributed by atoms with van der Waals surface area (Å²) in [5.74, 6) is 1.18. The summed E-state index contributed by atoms with van der Waals surface area (Å²) in [5.41, 5.74) is 5.37. The van der Waals surface area contributed by atoms with Crippen molar-refractivity contribution < 1.29 is 14.3 Å². The van der Waals surface area contributed by atoms with Crippen molar-refractivity contribution in [1.29, 1.82) is 0 Å². The summed E-state index contributed by atoms with van der Waals surface area (Å²) < 4.78 is 10.6. The van der Waals surface area contributed by atoms with E-state index in [4.69, 9.17) is 9.47 Å². The number of anilines is 1. The molecular weight excluding hydrogens is 306 g/mol. The van der Waals surface area contributed by atoms with Gasteiger partial charge in [-0.05, 0) is 49.2 Å². The number of ether oxygens (including phenoxy) is 2. The van der Waals surface area contributed by atoms with Crippen LogP contribution in [0.2, 0.25) is 0 Å². The van der Waals surface area contributed by atoms with E-state index in [1.807, 2.05) is 49.4 Å². The molecule has 1 atom stereocenters. The van der Waals surface area contributed by atoms with E-state index < -0.39 is 6.04 Å². The summed E-state index contributed by atoms with van der Waals surface area (Å²) >= 11 is 0. The van der Waals surface area contributed by atoms with Gasteiger partial charge in [-0.1, -0.05) is 18.2 Å². The number of aryl methyl sites for hydroxylation is 1. The molecule has 124 valence electrons. The molecule has 1 heterocycles. The van der Waals surface area contributed by atoms with Gasteiger partial charge in [-0.15, -0.1) is 0 Å². The summed E-state index contributed by atoms with van der Waals surface area (Å²) in [5, 5.41) is 7.16. The highest BCUT2D eigenvalue weighted by molar-refractivity contribution is 5.87. The Morgan fingerprint density at radius 1 is 1.21 bits per heavy atom. The highest BCUT2D eigenvalue weighted by Crippen LogP contribution is 2.31. The van der Waals surface area contributed by atoms with Crippen molar-refractivity contribution in [2.75, 3.05) is 12.1 Å². The summed E-state index contributed by atoms with van der Waals surface area (Å²) in [6, 6.07) is 12.9. The second kappa shape index (κ2) is 7.04. The fourth-order valence-electron chi connectivity index (χ4n) is 2.29. The molecule has 2 N–H and O–H groups in total. The smallest absolute Gasteiger partial charge is 0.262 e. The lowest BCUT2D eigenvalue weighted by Crippen LogP contribution is -2.35. The van der Waals surface area contributed by atoms with Crippen molar-refractivity contribution in [3.63, 3.8) is 0 Å². The Kier molecular flexibility index (Phi) is 4.65. The van der Waals surface area contributed by atoms with Crippen molar-refractivity contribution in [1.82, 2.24) is 5.43 Å². The second-order valence-electron chi connectivity index (χ2n) is 5.53. The van der Waals surface area contributed by atoms with Crippen molar-refractivity contribution >= 4 is 17.8 Å². The fraction of sp³-hybridized carbons (Fsp3) is 0.222. The molecule has 0 spiro atoms. The molecule has 24 heavy (non-hydrogen) atoms. The molecule has 1 aliphatic rings. The molecule has 1 amide bonds. The minimum absolute atomic E-state index is 0.213. The van der Waals surface area contributed by atoms with Crippen LogP contribution in [0.1, 0.15) is 18.1 Å². The number of fused-ring (bicyclic) bond motifs is 1. The Morgan fingerprint density at radius 3 is 2.83 bits per heavy atom. The first-order chi connectivity index (χ1) is 11.6. The molecule has 0 aliphatic carbocycles. The molecule has 6 heteroatoms. The average molecular weight is 325 g/mol. The SMILES string of the molecule is Cc1ccccc1N[C@H](C)C(=O)N/N=C\c1ccc2c(c1)OCO2. The maximum absolute atomic E-state index is 12.1. The van der Waals surface area contributed by atoms with Crippen molar-refractivity contribution in [2.24, 2.45) is 5.10 Å². The number of rotatable bonds is 5. The van der Waals surface area contributed by atoms with Crippen LogP contribution < -0.4 is 20.2 Å². The molecule has 3 rings (SSSR count). The van der Waals surface area contributed by atoms with E-state index in [-0.39, 0.29) is 12.7 Å². The number of benzene rings is 2. The van der Waals surface area contributed by atoms with Gasteiger partial charge in [0.1, 0.15) is 6.04 Å². The predicted molar refractivity (Wildman–Crippen MR) is 92.6 cm³/mol. The van der Waals surface area contributed by atoms with Gasteiger partial charge in [0.15, 0.2) is 11.5 Å². The number of nitrogens with one attached hydrogen (secondary N) is 2. The number of amides is 1. The standard InChI is InChI=1S/C18H19N3O3/c1-12-5-3-4-6-15(12)20-13(2)18(22)21-19-10-14-7-8-16-17(9-14)24-11-23-16/h3-10,13,20H,11H2,1-2H3,(H,21,22)/b19-10-/t13-/m1/s1. The van der Waals surface area contributed by atoms with Crippen LogP contribution in [0.15, 0.2) is 47.6 Å². The molecule has 0 saturated carbocycles. The lowest BCUT2D eigenvalue weighted by atomic mass is 10.2. The van der Waals surface area contributed by atoms with Crippen LogP contribution in [0.25, 0.3) is 0 Å². The van der Waals surface area contributed by atoms with Gasteiger partial charge in [-0.25, -0.2) is 5.43 Å². The maximum Gasteiger partial charge on any atom is 0.262 e. The Hall–Kier alpha value is -3.02. The van der Waals surface area contributed by atoms with Gasteiger partial charge in [0, 0.05) is 5.69 Å². The third-order valence-corrected chi connectivity index (χ3v) is 3.70. The predicted octanol–water partition coefficient (Wildman–Crippen LogP) is 2.67. The highest BCUT2D eigenvalue weighted by atomic mass is 16.7. The first-order valence-corrected chi connectivity index (χ1v) is 7.68. The Labute approximate surface area is 140 Å². The Balaban J connectivity index is 1.56. The van der Waals surface area contributed by atoms with Gasteiger partial charge in [0.25, 0.3) is 5.91 Å². The zero-order valence-electron chi connectivity index (χ0n) is 13.6. The van der Waals surface area contributed by atoms with Gasteiger partial charge < -0.3 is 14.8 Å². The van der Waals surface area contributed by atoms with E-state index in [2.05, 4.69) is 15.8 Å². The summed E-state index contributed by atoms with van der Waals surface area (Å²) in [6.07, 6.45) is 1.57. The van der Waals surface area contributed by atoms with Crippen molar-refractivity contribution in [2.45, 2.75) is 19.9 Å². The molecule has 6 nitrogen and oxygen atoms in total. The van der Waals surface area contributed by atoms with Crippen LogP contribution in [0.4, 0.5) is 5.69 Å². The minimum Gasteiger partial charge on any atom is -0.454 e. The largest absolute Gasteiger partial charge is 0.454 e. The molecule has 0 unspecified atom stereocenters. The van der Waals surface area contributed by atoms with E-state index >= 15 is 0 Å². The molecule has 2 aromatic rings. The minimum atomic E-state index is -0.403. The Bertz CT molecular complexity index is 774. The third-order valence-electron chi connectivity index (χ3n) is 3.70. The molecule has 1 aliphatic heterocycles. The van der Waals surface area contributed by atoms with Gasteiger partial charge >= 0.3 is 0 Å². The highest BCUT2D eigenvalue weighted by Gasteiger charge is 2.14. The first kappa shape index (κ1) is 15.9. The third kappa shape index (κ3) is 3.65. The lowest BCUT2D eigenvalue weighted by Gasteiger charge is -2.15. The van der Waals surface area contributed by atoms with Crippen molar-refractivity contribution in [3.8, 4) is 11.5 Å². The van der Waals surface area contributed by atoms with Gasteiger partial charge in [0.05, 0.1) is 6.21 Å². The maximum atomic E-state index is 12.1. The van der Waals surface area contributed by atoms with Gasteiger partial charge in [0.2, 0.25) is 6.79 Å². The van der Waals surface area contributed by atoms with E-state index in [1.54, 1.807) is 13.1 Å². The zero-order valence-corrected chi connectivity index (χ0v) is 13.6. The molecule has 0 saturated heterocycles. The number of para-hydroxylation sites is 1. The van der Waals surface area contributed by atoms with Crippen LogP contribution in [0, 0.1) is 6.92 Å². The average Bonchev–Trinajstić information content (AvgIpc) is 3.04. The second-order valence-corrected chi connectivity index (χ2v) is 5.53. The van der Waals surface area contributed by atoms with E-state index in [9.17, 15) is 4.79 Å². The van der Waals surface area contributed by atoms with Crippen LogP contribution >= 0.6 is 0 Å². The summed E-state index contributed by atoms with van der Waals surface area (Å²) in [7, 11) is 0. The number of hydrogen-bond acceptors (Lipinski definition) is 5. The van der Waals surface area contributed by atoms with E-state index in [0.29, 0.717) is 11.5 Å². The number of hydrazone groups is 1. The zero-order chi connectivity index (χ0) is 16.9. The van der Waals surface area contributed by atoms with Crippen LogP contribution in [0.3, 0.4) is 0 Å². The number of carbonyl (C=O) groups excluding carboxylic acids is 1.